The maximum Gasteiger partial charge on any atom is 0.267 e. The molecule has 0 atom stereocenters. The number of aryl methyl sites for hydroxylation is 1. The Kier molecular flexibility index (Phi) is 4.92. The van der Waals surface area contributed by atoms with Crippen molar-refractivity contribution in [2.24, 2.45) is 0 Å². The number of carbonyl (C=O) groups excluding carboxylic acids is 1. The minimum Gasteiger partial charge on any atom is -0.381 e. The van der Waals surface area contributed by atoms with E-state index in [0.29, 0.717) is 22.5 Å². The van der Waals surface area contributed by atoms with E-state index in [-0.39, 0.29) is 24.1 Å². The number of amides is 1. The van der Waals surface area contributed by atoms with Crippen molar-refractivity contribution in [2.75, 3.05) is 13.2 Å². The van der Waals surface area contributed by atoms with E-state index in [0.717, 1.165) is 12.8 Å². The van der Waals surface area contributed by atoms with Gasteiger partial charge in [0.15, 0.2) is 0 Å². The predicted molar refractivity (Wildman–Crippen MR) is 77.9 cm³/mol. The molecule has 1 aliphatic heterocycles. The average Bonchev–Trinajstić information content (AvgIpc) is 2.41. The number of carbonyl (C=O) groups is 1. The van der Waals surface area contributed by atoms with Crippen LogP contribution >= 0.6 is 22.6 Å². The summed E-state index contributed by atoms with van der Waals surface area (Å²) in [6, 6.07) is 0.148. The van der Waals surface area contributed by atoms with Crippen LogP contribution in [0.3, 0.4) is 0 Å². The molecule has 0 aromatic carbocycles. The highest BCUT2D eigenvalue weighted by Gasteiger charge is 2.16. The van der Waals surface area contributed by atoms with Crippen molar-refractivity contribution in [3.8, 4) is 0 Å². The van der Waals surface area contributed by atoms with Crippen LogP contribution in [0.1, 0.15) is 18.5 Å². The summed E-state index contributed by atoms with van der Waals surface area (Å²) in [7, 11) is 0. The zero-order valence-electron chi connectivity index (χ0n) is 10.7. The molecule has 0 aliphatic carbocycles. The zero-order valence-corrected chi connectivity index (χ0v) is 12.8. The first kappa shape index (κ1) is 14.4. The van der Waals surface area contributed by atoms with Gasteiger partial charge in [-0.25, -0.2) is 4.98 Å². The van der Waals surface area contributed by atoms with E-state index in [1.165, 1.54) is 10.9 Å². The topological polar surface area (TPSA) is 73.2 Å². The summed E-state index contributed by atoms with van der Waals surface area (Å²) in [4.78, 5) is 27.9. The number of nitrogens with zero attached hydrogens (tertiary/aromatic N) is 2. The predicted octanol–water partition coefficient (Wildman–Crippen LogP) is 0.452. The molecule has 0 unspecified atom stereocenters. The summed E-state index contributed by atoms with van der Waals surface area (Å²) in [6.07, 6.45) is 3.07. The summed E-state index contributed by atoms with van der Waals surface area (Å²) < 4.78 is 7.12. The maximum atomic E-state index is 11.9. The lowest BCUT2D eigenvalue weighted by Crippen LogP contribution is -2.42. The maximum absolute atomic E-state index is 11.9. The molecule has 7 heteroatoms. The first-order chi connectivity index (χ1) is 9.08. The van der Waals surface area contributed by atoms with Crippen LogP contribution in [-0.4, -0.2) is 34.7 Å². The van der Waals surface area contributed by atoms with Crippen molar-refractivity contribution in [1.29, 1.82) is 0 Å². The van der Waals surface area contributed by atoms with Crippen molar-refractivity contribution in [2.45, 2.75) is 32.4 Å². The molecule has 1 fully saturated rings. The van der Waals surface area contributed by atoms with Crippen LogP contribution in [0.2, 0.25) is 0 Å². The Morgan fingerprint density at radius 1 is 1.58 bits per heavy atom. The highest BCUT2D eigenvalue weighted by Crippen LogP contribution is 2.06. The molecule has 19 heavy (non-hydrogen) atoms. The highest BCUT2D eigenvalue weighted by molar-refractivity contribution is 14.1. The molecule has 2 rings (SSSR count). The fourth-order valence-corrected chi connectivity index (χ4v) is 2.38. The third-order valence-corrected chi connectivity index (χ3v) is 4.30. The Morgan fingerprint density at radius 2 is 2.26 bits per heavy atom. The van der Waals surface area contributed by atoms with E-state index in [1.807, 2.05) is 22.6 Å². The van der Waals surface area contributed by atoms with Crippen LogP contribution in [-0.2, 0) is 16.1 Å². The second-order valence-electron chi connectivity index (χ2n) is 4.53. The van der Waals surface area contributed by atoms with Crippen molar-refractivity contribution in [3.63, 3.8) is 0 Å². The van der Waals surface area contributed by atoms with E-state index in [9.17, 15) is 9.59 Å². The molecule has 1 aromatic rings. The lowest BCUT2D eigenvalue weighted by Gasteiger charge is -2.23. The Morgan fingerprint density at radius 3 is 2.95 bits per heavy atom. The van der Waals surface area contributed by atoms with Gasteiger partial charge in [-0.15, -0.1) is 0 Å². The molecule has 0 spiro atoms. The quantitative estimate of drug-likeness (QED) is 0.777. The third-order valence-electron chi connectivity index (χ3n) is 3.06. The van der Waals surface area contributed by atoms with Crippen LogP contribution in [0.4, 0.5) is 0 Å². The van der Waals surface area contributed by atoms with Crippen LogP contribution in [0.5, 0.6) is 0 Å². The molecule has 2 heterocycles. The minimum absolute atomic E-state index is 0.0134. The van der Waals surface area contributed by atoms with Crippen LogP contribution in [0.25, 0.3) is 0 Å². The number of hydrogen-bond acceptors (Lipinski definition) is 4. The van der Waals surface area contributed by atoms with Gasteiger partial charge in [-0.2, -0.15) is 0 Å². The first-order valence-corrected chi connectivity index (χ1v) is 7.24. The lowest BCUT2D eigenvalue weighted by molar-refractivity contribution is -0.123. The lowest BCUT2D eigenvalue weighted by atomic mass is 10.1. The normalized spacial score (nSPS) is 16.3. The van der Waals surface area contributed by atoms with Gasteiger partial charge in [-0.3, -0.25) is 14.2 Å². The zero-order chi connectivity index (χ0) is 13.8. The molecule has 104 valence electrons. The van der Waals surface area contributed by atoms with Gasteiger partial charge in [0.2, 0.25) is 5.91 Å². The van der Waals surface area contributed by atoms with Crippen molar-refractivity contribution >= 4 is 28.5 Å². The number of hydrogen-bond donors (Lipinski definition) is 1. The second kappa shape index (κ2) is 6.47. The van der Waals surface area contributed by atoms with Gasteiger partial charge in [0.1, 0.15) is 6.54 Å². The smallest absolute Gasteiger partial charge is 0.267 e. The largest absolute Gasteiger partial charge is 0.381 e. The molecule has 1 amide bonds. The summed E-state index contributed by atoms with van der Waals surface area (Å²) in [5.41, 5.74) is 0.516. The van der Waals surface area contributed by atoms with Gasteiger partial charge in [-0.05, 0) is 42.4 Å². The SMILES string of the molecule is Cc1ncn(CC(=O)NC2CCOCC2)c(=O)c1I. The van der Waals surface area contributed by atoms with Crippen LogP contribution < -0.4 is 10.9 Å². The fourth-order valence-electron chi connectivity index (χ4n) is 1.93. The van der Waals surface area contributed by atoms with E-state index >= 15 is 0 Å². The van der Waals surface area contributed by atoms with Crippen LogP contribution in [0.15, 0.2) is 11.1 Å². The Hall–Kier alpha value is -0.960. The van der Waals surface area contributed by atoms with Crippen LogP contribution in [0, 0.1) is 10.5 Å². The molecule has 1 aromatic heterocycles. The molecule has 1 saturated heterocycles. The van der Waals surface area contributed by atoms with Gasteiger partial charge in [0.25, 0.3) is 5.56 Å². The molecule has 0 saturated carbocycles. The van der Waals surface area contributed by atoms with Crippen molar-refractivity contribution < 1.29 is 9.53 Å². The number of nitrogens with one attached hydrogen (secondary N) is 1. The van der Waals surface area contributed by atoms with Crippen molar-refractivity contribution in [1.82, 2.24) is 14.9 Å². The number of aromatic nitrogens is 2. The number of rotatable bonds is 3. The number of ether oxygens (including phenoxy) is 1. The van der Waals surface area contributed by atoms with E-state index in [2.05, 4.69) is 10.3 Å². The van der Waals surface area contributed by atoms with Crippen molar-refractivity contribution in [3.05, 3.63) is 25.9 Å². The highest BCUT2D eigenvalue weighted by atomic mass is 127. The summed E-state index contributed by atoms with van der Waals surface area (Å²) in [6.45, 7) is 3.14. The summed E-state index contributed by atoms with van der Waals surface area (Å²) in [5, 5.41) is 2.92. The van der Waals surface area contributed by atoms with Gasteiger partial charge in [0.05, 0.1) is 15.6 Å². The Labute approximate surface area is 124 Å². The van der Waals surface area contributed by atoms with E-state index < -0.39 is 0 Å². The molecule has 1 aliphatic rings. The molecule has 6 nitrogen and oxygen atoms in total. The fraction of sp³-hybridized carbons (Fsp3) is 0.583. The summed E-state index contributed by atoms with van der Waals surface area (Å²) >= 11 is 1.95. The molecule has 0 bridgehead atoms. The van der Waals surface area contributed by atoms with E-state index in [1.54, 1.807) is 6.92 Å². The second-order valence-corrected chi connectivity index (χ2v) is 5.61. The monoisotopic (exact) mass is 377 g/mol. The van der Waals surface area contributed by atoms with E-state index in [4.69, 9.17) is 4.74 Å². The molecular weight excluding hydrogens is 361 g/mol. The molecular formula is C12H16IN3O3. The van der Waals surface area contributed by atoms with Gasteiger partial charge >= 0.3 is 0 Å². The van der Waals surface area contributed by atoms with Gasteiger partial charge in [-0.1, -0.05) is 0 Å². The molecule has 1 N–H and O–H groups in total. The average molecular weight is 377 g/mol. The minimum atomic E-state index is -0.171. The molecule has 0 radical (unpaired) electrons. The van der Waals surface area contributed by atoms with Gasteiger partial charge in [0, 0.05) is 19.3 Å². The Bertz CT molecular complexity index is 523. The van der Waals surface area contributed by atoms with Gasteiger partial charge < -0.3 is 10.1 Å². The number of halogens is 1. The first-order valence-electron chi connectivity index (χ1n) is 6.16. The summed E-state index contributed by atoms with van der Waals surface area (Å²) in [5.74, 6) is -0.157. The standard InChI is InChI=1S/C12H16IN3O3/c1-8-11(13)12(18)16(7-14-8)6-10(17)15-9-2-4-19-5-3-9/h7,9H,2-6H2,1H3,(H,15,17). The Balaban J connectivity index is 1.99. The third kappa shape index (κ3) is 3.75.